The molecule has 0 spiro atoms. The summed E-state index contributed by atoms with van der Waals surface area (Å²) in [7, 11) is 3.69. The van der Waals surface area contributed by atoms with E-state index in [2.05, 4.69) is 30.6 Å². The van der Waals surface area contributed by atoms with E-state index in [0.29, 0.717) is 28.5 Å². The minimum absolute atomic E-state index is 0.278. The van der Waals surface area contributed by atoms with Crippen molar-refractivity contribution in [3.8, 4) is 0 Å². The first-order valence-corrected chi connectivity index (χ1v) is 10.3. The summed E-state index contributed by atoms with van der Waals surface area (Å²) in [5.41, 5.74) is 2.06. The Balaban J connectivity index is 1.51. The average Bonchev–Trinajstić information content (AvgIpc) is 3.14. The largest absolute Gasteiger partial charge is 0.370 e. The van der Waals surface area contributed by atoms with Crippen LogP contribution in [0.1, 0.15) is 12.8 Å². The van der Waals surface area contributed by atoms with Crippen molar-refractivity contribution < 1.29 is 8.78 Å². The number of nitrogens with zero attached hydrogens (tertiary/aromatic N) is 5. The summed E-state index contributed by atoms with van der Waals surface area (Å²) in [6.45, 7) is 1.70. The summed E-state index contributed by atoms with van der Waals surface area (Å²) in [6.07, 6.45) is 5.27. The van der Waals surface area contributed by atoms with E-state index in [0.717, 1.165) is 31.6 Å². The summed E-state index contributed by atoms with van der Waals surface area (Å²) < 4.78 is 31.2. The van der Waals surface area contributed by atoms with Crippen molar-refractivity contribution >= 4 is 39.0 Å². The Morgan fingerprint density at radius 3 is 2.81 bits per heavy atom. The van der Waals surface area contributed by atoms with Crippen LogP contribution >= 0.6 is 0 Å². The van der Waals surface area contributed by atoms with Gasteiger partial charge in [0.05, 0.1) is 10.9 Å². The third-order valence-electron chi connectivity index (χ3n) is 5.81. The van der Waals surface area contributed by atoms with E-state index >= 15 is 4.39 Å². The van der Waals surface area contributed by atoms with Crippen molar-refractivity contribution in [1.29, 1.82) is 0 Å². The molecule has 0 radical (unpaired) electrons. The van der Waals surface area contributed by atoms with Gasteiger partial charge in [-0.25, -0.2) is 18.7 Å². The predicted molar refractivity (Wildman–Crippen MR) is 118 cm³/mol. The molecule has 1 atom stereocenters. The molecule has 2 aromatic carbocycles. The number of rotatable bonds is 4. The Hall–Kier alpha value is -3.33. The number of fused-ring (bicyclic) bond motifs is 2. The lowest BCUT2D eigenvalue weighted by Gasteiger charge is -2.34. The minimum atomic E-state index is -0.453. The van der Waals surface area contributed by atoms with Crippen molar-refractivity contribution in [2.24, 2.45) is 7.05 Å². The second-order valence-electron chi connectivity index (χ2n) is 7.94. The van der Waals surface area contributed by atoms with E-state index in [-0.39, 0.29) is 10.9 Å². The van der Waals surface area contributed by atoms with Gasteiger partial charge in [-0.2, -0.15) is 5.10 Å². The molecule has 2 aromatic heterocycles. The molecule has 0 amide bonds. The number of anilines is 3. The molecule has 7 nitrogen and oxygen atoms in total. The zero-order valence-electron chi connectivity index (χ0n) is 17.4. The van der Waals surface area contributed by atoms with E-state index in [1.807, 2.05) is 13.1 Å². The highest BCUT2D eigenvalue weighted by Crippen LogP contribution is 2.32. The van der Waals surface area contributed by atoms with Crippen LogP contribution in [-0.4, -0.2) is 45.9 Å². The van der Waals surface area contributed by atoms with Gasteiger partial charge in [-0.1, -0.05) is 0 Å². The van der Waals surface area contributed by atoms with Gasteiger partial charge in [-0.15, -0.1) is 0 Å². The highest BCUT2D eigenvalue weighted by atomic mass is 19.1. The standard InChI is InChI=1S/C22H23F2N7/c1-25-14-4-3-5-31(11-14)16-8-17(23)20-19(9-16)26-12-27-22(20)28-15-6-13-10-30(2)29-21(13)18(24)7-15/h6-10,12,14,25H,3-5,11H2,1-2H3,(H,26,27,28)/t14-/m1/s1. The van der Waals surface area contributed by atoms with Crippen molar-refractivity contribution in [3.63, 3.8) is 0 Å². The van der Waals surface area contributed by atoms with E-state index in [4.69, 9.17) is 0 Å². The Bertz CT molecular complexity index is 1270. The Labute approximate surface area is 178 Å². The van der Waals surface area contributed by atoms with Gasteiger partial charge in [0.1, 0.15) is 23.5 Å². The van der Waals surface area contributed by atoms with Crippen LogP contribution in [0.25, 0.3) is 21.8 Å². The molecule has 3 heterocycles. The maximum atomic E-state index is 15.2. The molecule has 4 aromatic rings. The number of benzene rings is 2. The highest BCUT2D eigenvalue weighted by Gasteiger charge is 2.21. The molecule has 2 N–H and O–H groups in total. The van der Waals surface area contributed by atoms with Crippen LogP contribution in [0.15, 0.2) is 36.8 Å². The van der Waals surface area contributed by atoms with E-state index in [1.165, 1.54) is 18.5 Å². The number of piperidine rings is 1. The van der Waals surface area contributed by atoms with Gasteiger partial charge in [0.25, 0.3) is 0 Å². The van der Waals surface area contributed by atoms with Crippen molar-refractivity contribution in [2.75, 3.05) is 30.4 Å². The molecule has 31 heavy (non-hydrogen) atoms. The first-order chi connectivity index (χ1) is 15.0. The van der Waals surface area contributed by atoms with Crippen LogP contribution in [0.2, 0.25) is 0 Å². The summed E-state index contributed by atoms with van der Waals surface area (Å²) in [5, 5.41) is 11.4. The molecule has 9 heteroatoms. The maximum absolute atomic E-state index is 15.2. The number of aromatic nitrogens is 4. The van der Waals surface area contributed by atoms with Crippen molar-refractivity contribution in [2.45, 2.75) is 18.9 Å². The minimum Gasteiger partial charge on any atom is -0.370 e. The highest BCUT2D eigenvalue weighted by molar-refractivity contribution is 5.94. The Morgan fingerprint density at radius 1 is 1.10 bits per heavy atom. The van der Waals surface area contributed by atoms with E-state index in [1.54, 1.807) is 24.0 Å². The third-order valence-corrected chi connectivity index (χ3v) is 5.81. The molecule has 0 aliphatic carbocycles. The molecule has 1 fully saturated rings. The van der Waals surface area contributed by atoms with E-state index < -0.39 is 11.6 Å². The van der Waals surface area contributed by atoms with Crippen LogP contribution in [0.5, 0.6) is 0 Å². The molecule has 1 aliphatic rings. The number of halogens is 2. The van der Waals surface area contributed by atoms with Gasteiger partial charge in [0.2, 0.25) is 0 Å². The molecule has 0 saturated carbocycles. The second-order valence-corrected chi connectivity index (χ2v) is 7.94. The first-order valence-electron chi connectivity index (χ1n) is 10.3. The Morgan fingerprint density at radius 2 is 1.97 bits per heavy atom. The summed E-state index contributed by atoms with van der Waals surface area (Å²) in [6, 6.07) is 6.89. The fraction of sp³-hybridized carbons (Fsp3) is 0.318. The summed E-state index contributed by atoms with van der Waals surface area (Å²) in [4.78, 5) is 10.7. The second kappa shape index (κ2) is 7.73. The average molecular weight is 423 g/mol. The van der Waals surface area contributed by atoms with Gasteiger partial charge >= 0.3 is 0 Å². The molecule has 1 aliphatic heterocycles. The zero-order valence-corrected chi connectivity index (χ0v) is 17.4. The van der Waals surface area contributed by atoms with Gasteiger partial charge in [0.15, 0.2) is 5.82 Å². The third kappa shape index (κ3) is 3.65. The topological polar surface area (TPSA) is 70.9 Å². The molecule has 0 unspecified atom stereocenters. The number of likely N-dealkylation sites (N-methyl/N-ethyl adjacent to an activating group) is 1. The molecular formula is C22H23F2N7. The molecule has 160 valence electrons. The van der Waals surface area contributed by atoms with Gasteiger partial charge in [0, 0.05) is 49.1 Å². The normalized spacial score (nSPS) is 16.9. The fourth-order valence-electron chi connectivity index (χ4n) is 4.27. The van der Waals surface area contributed by atoms with Gasteiger partial charge < -0.3 is 15.5 Å². The maximum Gasteiger partial charge on any atom is 0.153 e. The number of nitrogens with one attached hydrogen (secondary N) is 2. The monoisotopic (exact) mass is 423 g/mol. The van der Waals surface area contributed by atoms with E-state index in [9.17, 15) is 4.39 Å². The quantitative estimate of drug-likeness (QED) is 0.521. The lowest BCUT2D eigenvalue weighted by Crippen LogP contribution is -2.44. The van der Waals surface area contributed by atoms with Crippen LogP contribution in [-0.2, 0) is 7.05 Å². The Kier molecular flexibility index (Phi) is 4.90. The number of aryl methyl sites for hydroxylation is 1. The number of hydrogen-bond donors (Lipinski definition) is 2. The molecule has 0 bridgehead atoms. The predicted octanol–water partition coefficient (Wildman–Crippen LogP) is 3.73. The van der Waals surface area contributed by atoms with Crippen LogP contribution in [0, 0.1) is 11.6 Å². The van der Waals surface area contributed by atoms with Crippen LogP contribution in [0.3, 0.4) is 0 Å². The van der Waals surface area contributed by atoms with Crippen molar-refractivity contribution in [3.05, 3.63) is 48.4 Å². The van der Waals surface area contributed by atoms with Crippen LogP contribution in [0.4, 0.5) is 26.0 Å². The van der Waals surface area contributed by atoms with Crippen LogP contribution < -0.4 is 15.5 Å². The SMILES string of the molecule is CN[C@@H]1CCCN(c2cc(F)c3c(Nc4cc(F)c5nn(C)cc5c4)ncnc3c2)C1. The van der Waals surface area contributed by atoms with Gasteiger partial charge in [-0.05, 0) is 44.2 Å². The smallest absolute Gasteiger partial charge is 0.153 e. The summed E-state index contributed by atoms with van der Waals surface area (Å²) >= 11 is 0. The lowest BCUT2D eigenvalue weighted by atomic mass is 10.0. The van der Waals surface area contributed by atoms with Gasteiger partial charge in [-0.3, -0.25) is 4.68 Å². The van der Waals surface area contributed by atoms with Crippen molar-refractivity contribution in [1.82, 2.24) is 25.1 Å². The summed E-state index contributed by atoms with van der Waals surface area (Å²) in [5.74, 6) is -0.570. The molecule has 5 rings (SSSR count). The first kappa shape index (κ1) is 19.6. The fourth-order valence-corrected chi connectivity index (χ4v) is 4.27. The molecular weight excluding hydrogens is 400 g/mol. The lowest BCUT2D eigenvalue weighted by molar-refractivity contribution is 0.449. The molecule has 1 saturated heterocycles. The zero-order chi connectivity index (χ0) is 21.5. The number of hydrogen-bond acceptors (Lipinski definition) is 6.